The molecule has 8 nitrogen and oxygen atoms in total. The number of carbonyl (C=O) groups is 1. The molecule has 0 fully saturated rings. The lowest BCUT2D eigenvalue weighted by Gasteiger charge is -2.14. The highest BCUT2D eigenvalue weighted by molar-refractivity contribution is 6.06. The maximum Gasteiger partial charge on any atom is 0.293 e. The molecule has 0 bridgehead atoms. The monoisotopic (exact) mass is 346 g/mol. The Kier molecular flexibility index (Phi) is 5.43. The Morgan fingerprint density at radius 3 is 2.12 bits per heavy atom. The van der Waals surface area contributed by atoms with Gasteiger partial charge in [-0.25, -0.2) is 0 Å². The summed E-state index contributed by atoms with van der Waals surface area (Å²) in [4.78, 5) is 23.2. The summed E-state index contributed by atoms with van der Waals surface area (Å²) in [5.74, 6) is 0.435. The standard InChI is InChI=1S/C17H18N2O6/c1-10-5-6-12(13(7-10)19(21)22)18-17(20)11-8-14(23-2)16(25-4)15(9-11)24-3/h5-9H,1-4H3,(H,18,20). The van der Waals surface area contributed by atoms with Crippen LogP contribution in [0.4, 0.5) is 11.4 Å². The molecule has 0 heterocycles. The van der Waals surface area contributed by atoms with Crippen molar-refractivity contribution in [2.75, 3.05) is 26.6 Å². The van der Waals surface area contributed by atoms with Gasteiger partial charge in [0.05, 0.1) is 26.3 Å². The lowest BCUT2D eigenvalue weighted by Crippen LogP contribution is -2.14. The number of rotatable bonds is 6. The molecular formula is C17H18N2O6. The van der Waals surface area contributed by atoms with Crippen molar-refractivity contribution in [2.45, 2.75) is 6.92 Å². The summed E-state index contributed by atoms with van der Waals surface area (Å²) in [6.07, 6.45) is 0. The maximum absolute atomic E-state index is 12.5. The van der Waals surface area contributed by atoms with Crippen LogP contribution in [0.2, 0.25) is 0 Å². The topological polar surface area (TPSA) is 99.9 Å². The minimum atomic E-state index is -0.544. The molecular weight excluding hydrogens is 328 g/mol. The zero-order valence-electron chi connectivity index (χ0n) is 14.3. The van der Waals surface area contributed by atoms with Crippen molar-refractivity contribution in [1.82, 2.24) is 0 Å². The van der Waals surface area contributed by atoms with Crippen LogP contribution in [0.3, 0.4) is 0 Å². The quantitative estimate of drug-likeness (QED) is 0.637. The van der Waals surface area contributed by atoms with Gasteiger partial charge in [0.15, 0.2) is 11.5 Å². The molecule has 2 aromatic rings. The number of benzene rings is 2. The molecule has 0 aromatic heterocycles. The van der Waals surface area contributed by atoms with Crippen LogP contribution in [0, 0.1) is 17.0 Å². The normalized spacial score (nSPS) is 10.1. The van der Waals surface area contributed by atoms with E-state index >= 15 is 0 Å². The summed E-state index contributed by atoms with van der Waals surface area (Å²) in [6.45, 7) is 1.73. The number of nitro benzene ring substituents is 1. The van der Waals surface area contributed by atoms with E-state index in [0.29, 0.717) is 17.2 Å². The van der Waals surface area contributed by atoms with Crippen LogP contribution in [-0.2, 0) is 0 Å². The number of nitrogens with one attached hydrogen (secondary N) is 1. The van der Waals surface area contributed by atoms with E-state index in [1.54, 1.807) is 13.0 Å². The molecule has 8 heteroatoms. The molecule has 0 atom stereocenters. The van der Waals surface area contributed by atoms with Gasteiger partial charge >= 0.3 is 0 Å². The minimum absolute atomic E-state index is 0.106. The maximum atomic E-state index is 12.5. The van der Waals surface area contributed by atoms with Crippen molar-refractivity contribution in [3.05, 3.63) is 51.6 Å². The van der Waals surface area contributed by atoms with Crippen molar-refractivity contribution in [3.8, 4) is 17.2 Å². The molecule has 0 aliphatic rings. The summed E-state index contributed by atoms with van der Waals surface area (Å²) in [5.41, 5.74) is 0.858. The van der Waals surface area contributed by atoms with Crippen LogP contribution in [-0.4, -0.2) is 32.2 Å². The first-order valence-corrected chi connectivity index (χ1v) is 7.27. The van der Waals surface area contributed by atoms with Gasteiger partial charge in [0.1, 0.15) is 5.69 Å². The van der Waals surface area contributed by atoms with Crippen LogP contribution < -0.4 is 19.5 Å². The third kappa shape index (κ3) is 3.79. The predicted molar refractivity (Wildman–Crippen MR) is 91.9 cm³/mol. The van der Waals surface area contributed by atoms with Gasteiger partial charge in [-0.3, -0.25) is 14.9 Å². The molecule has 1 amide bonds. The number of hydrogen-bond donors (Lipinski definition) is 1. The van der Waals surface area contributed by atoms with Gasteiger partial charge in [0.25, 0.3) is 11.6 Å². The van der Waals surface area contributed by atoms with Crippen molar-refractivity contribution in [3.63, 3.8) is 0 Å². The zero-order valence-corrected chi connectivity index (χ0v) is 14.3. The van der Waals surface area contributed by atoms with E-state index in [2.05, 4.69) is 5.32 Å². The number of amides is 1. The van der Waals surface area contributed by atoms with E-state index in [1.165, 1.54) is 45.6 Å². The Balaban J connectivity index is 2.41. The molecule has 0 spiro atoms. The number of nitro groups is 1. The van der Waals surface area contributed by atoms with E-state index in [-0.39, 0.29) is 16.9 Å². The van der Waals surface area contributed by atoms with Crippen LogP contribution in [0.25, 0.3) is 0 Å². The third-order valence-corrected chi connectivity index (χ3v) is 3.53. The van der Waals surface area contributed by atoms with Gasteiger partial charge in [0.2, 0.25) is 5.75 Å². The Bertz CT molecular complexity index is 794. The number of hydrogen-bond acceptors (Lipinski definition) is 6. The minimum Gasteiger partial charge on any atom is -0.493 e. The summed E-state index contributed by atoms with van der Waals surface area (Å²) in [5, 5.41) is 13.7. The van der Waals surface area contributed by atoms with Gasteiger partial charge in [-0.1, -0.05) is 6.07 Å². The van der Waals surface area contributed by atoms with Gasteiger partial charge in [-0.2, -0.15) is 0 Å². The largest absolute Gasteiger partial charge is 0.493 e. The fourth-order valence-electron chi connectivity index (χ4n) is 2.31. The fourth-order valence-corrected chi connectivity index (χ4v) is 2.31. The summed E-state index contributed by atoms with van der Waals surface area (Å²) in [7, 11) is 4.32. The Morgan fingerprint density at radius 1 is 1.04 bits per heavy atom. The second kappa shape index (κ2) is 7.52. The Labute approximate surface area is 144 Å². The Morgan fingerprint density at radius 2 is 1.64 bits per heavy atom. The molecule has 25 heavy (non-hydrogen) atoms. The number of methoxy groups -OCH3 is 3. The van der Waals surface area contributed by atoms with Crippen molar-refractivity contribution < 1.29 is 23.9 Å². The summed E-state index contributed by atoms with van der Waals surface area (Å²) >= 11 is 0. The van der Waals surface area contributed by atoms with E-state index < -0.39 is 10.8 Å². The number of anilines is 1. The van der Waals surface area contributed by atoms with Crippen molar-refractivity contribution >= 4 is 17.3 Å². The average Bonchev–Trinajstić information content (AvgIpc) is 2.61. The zero-order chi connectivity index (χ0) is 18.6. The van der Waals surface area contributed by atoms with Gasteiger partial charge in [0, 0.05) is 11.6 Å². The van der Waals surface area contributed by atoms with Crippen LogP contribution in [0.15, 0.2) is 30.3 Å². The first-order chi connectivity index (χ1) is 11.9. The number of nitrogens with zero attached hydrogens (tertiary/aromatic N) is 1. The average molecular weight is 346 g/mol. The van der Waals surface area contributed by atoms with Crippen LogP contribution in [0.5, 0.6) is 17.2 Å². The van der Waals surface area contributed by atoms with Gasteiger partial charge in [-0.15, -0.1) is 0 Å². The van der Waals surface area contributed by atoms with E-state index in [9.17, 15) is 14.9 Å². The lowest BCUT2D eigenvalue weighted by molar-refractivity contribution is -0.384. The smallest absolute Gasteiger partial charge is 0.293 e. The van der Waals surface area contributed by atoms with Crippen molar-refractivity contribution in [2.24, 2.45) is 0 Å². The molecule has 0 saturated heterocycles. The molecule has 2 rings (SSSR count). The molecule has 132 valence electrons. The number of ether oxygens (including phenoxy) is 3. The molecule has 0 unspecified atom stereocenters. The number of carbonyl (C=O) groups excluding carboxylic acids is 1. The lowest BCUT2D eigenvalue weighted by atomic mass is 10.1. The summed E-state index contributed by atoms with van der Waals surface area (Å²) in [6, 6.07) is 7.50. The third-order valence-electron chi connectivity index (χ3n) is 3.53. The first-order valence-electron chi connectivity index (χ1n) is 7.27. The highest BCUT2D eigenvalue weighted by Crippen LogP contribution is 2.38. The first kappa shape index (κ1) is 18.1. The van der Waals surface area contributed by atoms with Gasteiger partial charge in [-0.05, 0) is 30.7 Å². The molecule has 2 aromatic carbocycles. The second-order valence-electron chi connectivity index (χ2n) is 5.15. The highest BCUT2D eigenvalue weighted by atomic mass is 16.6. The van der Waals surface area contributed by atoms with Crippen molar-refractivity contribution in [1.29, 1.82) is 0 Å². The predicted octanol–water partition coefficient (Wildman–Crippen LogP) is 3.18. The molecule has 0 aliphatic carbocycles. The fraction of sp³-hybridized carbons (Fsp3) is 0.235. The van der Waals surface area contributed by atoms with E-state index in [1.807, 2.05) is 0 Å². The van der Waals surface area contributed by atoms with E-state index in [4.69, 9.17) is 14.2 Å². The SMILES string of the molecule is COc1cc(C(=O)Nc2ccc(C)cc2[N+](=O)[O-])cc(OC)c1OC. The van der Waals surface area contributed by atoms with E-state index in [0.717, 1.165) is 5.56 Å². The van der Waals surface area contributed by atoms with Gasteiger partial charge < -0.3 is 19.5 Å². The number of aryl methyl sites for hydroxylation is 1. The molecule has 0 aliphatic heterocycles. The Hall–Kier alpha value is -3.29. The molecule has 0 radical (unpaired) electrons. The summed E-state index contributed by atoms with van der Waals surface area (Å²) < 4.78 is 15.6. The molecule has 1 N–H and O–H groups in total. The van der Waals surface area contributed by atoms with Crippen LogP contribution >= 0.6 is 0 Å². The van der Waals surface area contributed by atoms with Crippen LogP contribution in [0.1, 0.15) is 15.9 Å². The molecule has 0 saturated carbocycles. The highest BCUT2D eigenvalue weighted by Gasteiger charge is 2.20. The second-order valence-corrected chi connectivity index (χ2v) is 5.15.